The highest BCUT2D eigenvalue weighted by Crippen LogP contribution is 2.19. The van der Waals surface area contributed by atoms with Crippen LogP contribution in [0.1, 0.15) is 38.2 Å². The number of ether oxygens (including phenoxy) is 3. The number of anilines is 1. The van der Waals surface area contributed by atoms with E-state index in [2.05, 4.69) is 36.5 Å². The van der Waals surface area contributed by atoms with Crippen LogP contribution in [0.25, 0.3) is 0 Å². The Kier molecular flexibility index (Phi) is 9.61. The van der Waals surface area contributed by atoms with E-state index in [9.17, 15) is 0 Å². The van der Waals surface area contributed by atoms with Gasteiger partial charge in [-0.05, 0) is 48.4 Å². The molecule has 0 radical (unpaired) electrons. The lowest BCUT2D eigenvalue weighted by Crippen LogP contribution is -2.09. The van der Waals surface area contributed by atoms with Crippen LogP contribution in [0, 0.1) is 0 Å². The molecular formula is C27H33NO3. The maximum Gasteiger partial charge on any atom is 0.122 e. The predicted molar refractivity (Wildman–Crippen MR) is 127 cm³/mol. The van der Waals surface area contributed by atoms with E-state index in [4.69, 9.17) is 14.2 Å². The quantitative estimate of drug-likeness (QED) is 0.295. The molecule has 164 valence electrons. The van der Waals surface area contributed by atoms with E-state index in [-0.39, 0.29) is 0 Å². The van der Waals surface area contributed by atoms with Gasteiger partial charge in [0.05, 0.1) is 6.61 Å². The van der Waals surface area contributed by atoms with Crippen LogP contribution in [0.4, 0.5) is 5.69 Å². The van der Waals surface area contributed by atoms with E-state index in [1.807, 2.05) is 54.6 Å². The molecule has 0 aromatic heterocycles. The van der Waals surface area contributed by atoms with Gasteiger partial charge in [-0.15, -0.1) is 0 Å². The van der Waals surface area contributed by atoms with Crippen molar-refractivity contribution in [2.45, 2.75) is 39.2 Å². The smallest absolute Gasteiger partial charge is 0.122 e. The molecule has 0 bridgehead atoms. The van der Waals surface area contributed by atoms with E-state index in [0.29, 0.717) is 13.2 Å². The zero-order chi connectivity index (χ0) is 21.6. The first-order valence-corrected chi connectivity index (χ1v) is 11.2. The Morgan fingerprint density at radius 3 is 2.03 bits per heavy atom. The van der Waals surface area contributed by atoms with Gasteiger partial charge in [-0.3, -0.25) is 0 Å². The van der Waals surface area contributed by atoms with E-state index in [0.717, 1.165) is 42.5 Å². The number of hydrogen-bond donors (Lipinski definition) is 1. The fraction of sp³-hybridized carbons (Fsp3) is 0.333. The minimum atomic E-state index is 0.512. The van der Waals surface area contributed by atoms with Crippen LogP contribution in [-0.4, -0.2) is 19.8 Å². The molecule has 31 heavy (non-hydrogen) atoms. The summed E-state index contributed by atoms with van der Waals surface area (Å²) in [5.41, 5.74) is 2.25. The highest BCUT2D eigenvalue weighted by atomic mass is 16.5. The van der Waals surface area contributed by atoms with Gasteiger partial charge in [-0.25, -0.2) is 0 Å². The van der Waals surface area contributed by atoms with Crippen molar-refractivity contribution in [2.75, 3.05) is 25.1 Å². The first-order chi connectivity index (χ1) is 15.3. The molecule has 4 nitrogen and oxygen atoms in total. The topological polar surface area (TPSA) is 39.7 Å². The maximum absolute atomic E-state index is 5.87. The van der Waals surface area contributed by atoms with Gasteiger partial charge in [0.25, 0.3) is 0 Å². The maximum atomic E-state index is 5.87. The molecule has 1 N–H and O–H groups in total. The van der Waals surface area contributed by atoms with Gasteiger partial charge >= 0.3 is 0 Å². The molecule has 0 aliphatic heterocycles. The molecule has 3 rings (SSSR count). The van der Waals surface area contributed by atoms with Gasteiger partial charge in [0.2, 0.25) is 0 Å². The predicted octanol–water partition coefficient (Wildman–Crippen LogP) is 6.72. The average molecular weight is 420 g/mol. The number of benzene rings is 3. The minimum Gasteiger partial charge on any atom is -0.494 e. The van der Waals surface area contributed by atoms with E-state index in [1.54, 1.807) is 0 Å². The van der Waals surface area contributed by atoms with Crippen LogP contribution < -0.4 is 19.5 Å². The van der Waals surface area contributed by atoms with Crippen LogP contribution in [0.2, 0.25) is 0 Å². The lowest BCUT2D eigenvalue weighted by Gasteiger charge is -2.11. The molecule has 0 atom stereocenters. The van der Waals surface area contributed by atoms with Crippen molar-refractivity contribution in [1.82, 2.24) is 0 Å². The molecule has 0 aliphatic rings. The van der Waals surface area contributed by atoms with E-state index >= 15 is 0 Å². The zero-order valence-corrected chi connectivity index (χ0v) is 18.4. The summed E-state index contributed by atoms with van der Waals surface area (Å²) in [4.78, 5) is 0. The van der Waals surface area contributed by atoms with E-state index < -0.39 is 0 Å². The molecular weight excluding hydrogens is 386 g/mol. The molecule has 3 aromatic rings. The van der Waals surface area contributed by atoms with Gasteiger partial charge in [-0.2, -0.15) is 0 Å². The fourth-order valence-electron chi connectivity index (χ4n) is 3.16. The Bertz CT molecular complexity index is 865. The Labute approximate surface area is 186 Å². The third-order valence-electron chi connectivity index (χ3n) is 4.88. The van der Waals surface area contributed by atoms with Gasteiger partial charge in [-0.1, -0.05) is 62.6 Å². The van der Waals surface area contributed by atoms with Gasteiger partial charge in [0.15, 0.2) is 0 Å². The normalized spacial score (nSPS) is 10.5. The Morgan fingerprint density at radius 2 is 1.29 bits per heavy atom. The summed E-state index contributed by atoms with van der Waals surface area (Å²) in [5, 5.41) is 3.46. The van der Waals surface area contributed by atoms with Crippen molar-refractivity contribution in [3.8, 4) is 17.2 Å². The number of nitrogens with one attached hydrogen (secondary N) is 1. The van der Waals surface area contributed by atoms with Crippen LogP contribution in [0.5, 0.6) is 17.2 Å². The van der Waals surface area contributed by atoms with Gasteiger partial charge in [0.1, 0.15) is 30.5 Å². The highest BCUT2D eigenvalue weighted by Gasteiger charge is 2.00. The van der Waals surface area contributed by atoms with Crippen molar-refractivity contribution in [3.63, 3.8) is 0 Å². The van der Waals surface area contributed by atoms with Crippen molar-refractivity contribution in [1.29, 1.82) is 0 Å². The standard InChI is InChI=1S/C27H33NO3/c1-2-3-4-8-18-29-27-13-9-10-24(21-27)28-22-23-14-16-26(17-15-23)31-20-19-30-25-11-6-5-7-12-25/h5-7,9-17,21,28H,2-4,8,18-20,22H2,1H3. The van der Waals surface area contributed by atoms with Crippen molar-refractivity contribution >= 4 is 5.69 Å². The lowest BCUT2D eigenvalue weighted by atomic mass is 10.2. The summed E-state index contributed by atoms with van der Waals surface area (Å²) in [5.74, 6) is 2.63. The lowest BCUT2D eigenvalue weighted by molar-refractivity contribution is 0.217. The molecule has 0 heterocycles. The first kappa shape index (κ1) is 22.5. The van der Waals surface area contributed by atoms with Crippen LogP contribution in [0.3, 0.4) is 0 Å². The summed E-state index contributed by atoms with van der Waals surface area (Å²) in [7, 11) is 0. The molecule has 0 spiro atoms. The molecule has 0 amide bonds. The van der Waals surface area contributed by atoms with Crippen molar-refractivity contribution < 1.29 is 14.2 Å². The number of rotatable bonds is 14. The number of hydrogen-bond acceptors (Lipinski definition) is 4. The first-order valence-electron chi connectivity index (χ1n) is 11.2. The largest absolute Gasteiger partial charge is 0.494 e. The van der Waals surface area contributed by atoms with Crippen molar-refractivity contribution in [3.05, 3.63) is 84.4 Å². The fourth-order valence-corrected chi connectivity index (χ4v) is 3.16. The monoisotopic (exact) mass is 419 g/mol. The second-order valence-electron chi connectivity index (χ2n) is 7.44. The zero-order valence-electron chi connectivity index (χ0n) is 18.4. The molecule has 0 saturated heterocycles. The number of unbranched alkanes of at least 4 members (excludes halogenated alkanes) is 3. The van der Waals surface area contributed by atoms with Crippen LogP contribution in [0.15, 0.2) is 78.9 Å². The Hall–Kier alpha value is -3.14. The molecule has 4 heteroatoms. The Balaban J connectivity index is 1.36. The second kappa shape index (κ2) is 13.2. The summed E-state index contributed by atoms with van der Waals surface area (Å²) in [6.45, 7) is 4.78. The molecule has 0 saturated carbocycles. The second-order valence-corrected chi connectivity index (χ2v) is 7.44. The highest BCUT2D eigenvalue weighted by molar-refractivity contribution is 5.48. The van der Waals surface area contributed by atoms with Gasteiger partial charge < -0.3 is 19.5 Å². The molecule has 0 fully saturated rings. The molecule has 0 aliphatic carbocycles. The van der Waals surface area contributed by atoms with Crippen LogP contribution in [-0.2, 0) is 6.54 Å². The van der Waals surface area contributed by atoms with E-state index in [1.165, 1.54) is 24.8 Å². The molecule has 3 aromatic carbocycles. The summed E-state index contributed by atoms with van der Waals surface area (Å²) in [6.07, 6.45) is 4.86. The number of para-hydroxylation sites is 1. The van der Waals surface area contributed by atoms with Crippen molar-refractivity contribution in [2.24, 2.45) is 0 Å². The Morgan fingerprint density at radius 1 is 0.613 bits per heavy atom. The molecule has 0 unspecified atom stereocenters. The summed E-state index contributed by atoms with van der Waals surface area (Å²) in [6, 6.07) is 26.1. The van der Waals surface area contributed by atoms with Gasteiger partial charge in [0, 0.05) is 18.3 Å². The average Bonchev–Trinajstić information content (AvgIpc) is 2.82. The third kappa shape index (κ3) is 8.63. The van der Waals surface area contributed by atoms with Crippen LogP contribution >= 0.6 is 0 Å². The third-order valence-corrected chi connectivity index (χ3v) is 4.88. The summed E-state index contributed by atoms with van der Waals surface area (Å²) >= 11 is 0. The SMILES string of the molecule is CCCCCCOc1cccc(NCc2ccc(OCCOc3ccccc3)cc2)c1. The summed E-state index contributed by atoms with van der Waals surface area (Å²) < 4.78 is 17.3. The minimum absolute atomic E-state index is 0.512.